The van der Waals surface area contributed by atoms with Crippen molar-refractivity contribution in [1.29, 1.82) is 0 Å². The van der Waals surface area contributed by atoms with Crippen molar-refractivity contribution in [3.63, 3.8) is 0 Å². The van der Waals surface area contributed by atoms with Gasteiger partial charge in [0, 0.05) is 36.2 Å². The molecule has 0 unspecified atom stereocenters. The maximum Gasteiger partial charge on any atom is 0.259 e. The van der Waals surface area contributed by atoms with E-state index in [2.05, 4.69) is 25.5 Å². The first-order chi connectivity index (χ1) is 14.6. The third-order valence-electron chi connectivity index (χ3n) is 5.00. The zero-order valence-corrected chi connectivity index (χ0v) is 17.2. The van der Waals surface area contributed by atoms with Gasteiger partial charge in [-0.3, -0.25) is 4.79 Å². The lowest BCUT2D eigenvalue weighted by Crippen LogP contribution is -2.21. The summed E-state index contributed by atoms with van der Waals surface area (Å²) in [6.07, 6.45) is 2.37. The molecule has 1 amide bonds. The van der Waals surface area contributed by atoms with Crippen LogP contribution in [-0.2, 0) is 0 Å². The number of methoxy groups -OCH3 is 1. The Bertz CT molecular complexity index is 1030. The number of aryl methyl sites for hydroxylation is 1. The highest BCUT2D eigenvalue weighted by Gasteiger charge is 2.16. The van der Waals surface area contributed by atoms with E-state index in [4.69, 9.17) is 4.74 Å². The molecule has 0 atom stereocenters. The van der Waals surface area contributed by atoms with Gasteiger partial charge in [-0.05, 0) is 56.2 Å². The summed E-state index contributed by atoms with van der Waals surface area (Å²) in [6.45, 7) is 3.98. The van der Waals surface area contributed by atoms with Crippen molar-refractivity contribution in [3.05, 3.63) is 65.9 Å². The van der Waals surface area contributed by atoms with Gasteiger partial charge in [-0.15, -0.1) is 0 Å². The number of rotatable bonds is 6. The van der Waals surface area contributed by atoms with Gasteiger partial charge < -0.3 is 20.3 Å². The molecule has 0 saturated carbocycles. The third-order valence-corrected chi connectivity index (χ3v) is 5.00. The summed E-state index contributed by atoms with van der Waals surface area (Å²) in [5.74, 6) is 1.86. The summed E-state index contributed by atoms with van der Waals surface area (Å²) in [4.78, 5) is 24.0. The first-order valence-corrected chi connectivity index (χ1v) is 10.0. The summed E-state index contributed by atoms with van der Waals surface area (Å²) >= 11 is 0. The molecule has 4 rings (SSSR count). The number of hydrogen-bond acceptors (Lipinski definition) is 6. The Labute approximate surface area is 176 Å². The molecule has 1 aromatic heterocycles. The number of anilines is 4. The summed E-state index contributed by atoms with van der Waals surface area (Å²) < 4.78 is 5.26. The molecule has 0 spiro atoms. The first kappa shape index (κ1) is 19.7. The summed E-state index contributed by atoms with van der Waals surface area (Å²) in [5.41, 5.74) is 3.01. The quantitative estimate of drug-likeness (QED) is 0.635. The monoisotopic (exact) mass is 403 g/mol. The molecule has 1 aliphatic heterocycles. The van der Waals surface area contributed by atoms with E-state index in [1.165, 1.54) is 12.8 Å². The van der Waals surface area contributed by atoms with Crippen molar-refractivity contribution < 1.29 is 9.53 Å². The number of para-hydroxylation sites is 1. The van der Waals surface area contributed by atoms with Crippen molar-refractivity contribution in [1.82, 2.24) is 9.97 Å². The van der Waals surface area contributed by atoms with Crippen LogP contribution in [0.15, 0.2) is 54.6 Å². The molecule has 154 valence electrons. The molecule has 3 aromatic rings. The number of nitrogens with zero attached hydrogens (tertiary/aromatic N) is 3. The average Bonchev–Trinajstić information content (AvgIpc) is 3.30. The van der Waals surface area contributed by atoms with E-state index >= 15 is 0 Å². The van der Waals surface area contributed by atoms with Crippen LogP contribution in [0.4, 0.5) is 23.1 Å². The SMILES string of the molecule is COc1ccccc1C(=O)Nc1ccc(Nc2cc(C)nc(N3CCCC3)n2)cc1. The van der Waals surface area contributed by atoms with Gasteiger partial charge in [-0.25, -0.2) is 4.98 Å². The van der Waals surface area contributed by atoms with Crippen LogP contribution in [0.25, 0.3) is 0 Å². The molecule has 7 heteroatoms. The van der Waals surface area contributed by atoms with E-state index in [-0.39, 0.29) is 5.91 Å². The van der Waals surface area contributed by atoms with Gasteiger partial charge in [-0.2, -0.15) is 4.98 Å². The van der Waals surface area contributed by atoms with Crippen LogP contribution >= 0.6 is 0 Å². The number of carbonyl (C=O) groups is 1. The van der Waals surface area contributed by atoms with Gasteiger partial charge in [0.1, 0.15) is 11.6 Å². The van der Waals surface area contributed by atoms with E-state index in [1.807, 2.05) is 49.4 Å². The fraction of sp³-hybridized carbons (Fsp3) is 0.261. The normalized spacial score (nSPS) is 13.2. The third kappa shape index (κ3) is 4.51. The van der Waals surface area contributed by atoms with Gasteiger partial charge in [0.2, 0.25) is 5.95 Å². The molecular weight excluding hydrogens is 378 g/mol. The molecule has 2 heterocycles. The molecule has 30 heavy (non-hydrogen) atoms. The molecule has 1 saturated heterocycles. The van der Waals surface area contributed by atoms with Crippen LogP contribution in [-0.4, -0.2) is 36.1 Å². The van der Waals surface area contributed by atoms with E-state index in [1.54, 1.807) is 19.2 Å². The highest BCUT2D eigenvalue weighted by atomic mass is 16.5. The van der Waals surface area contributed by atoms with Crippen molar-refractivity contribution >= 4 is 29.0 Å². The average molecular weight is 403 g/mol. The van der Waals surface area contributed by atoms with Crippen LogP contribution in [0.3, 0.4) is 0 Å². The number of ether oxygens (including phenoxy) is 1. The second kappa shape index (κ2) is 8.82. The van der Waals surface area contributed by atoms with Crippen LogP contribution in [0.1, 0.15) is 28.9 Å². The molecule has 1 fully saturated rings. The van der Waals surface area contributed by atoms with Crippen LogP contribution < -0.4 is 20.3 Å². The van der Waals surface area contributed by atoms with Gasteiger partial charge >= 0.3 is 0 Å². The minimum absolute atomic E-state index is 0.213. The summed E-state index contributed by atoms with van der Waals surface area (Å²) in [5, 5.41) is 6.23. The number of aromatic nitrogens is 2. The van der Waals surface area contributed by atoms with E-state index in [0.29, 0.717) is 17.0 Å². The maximum atomic E-state index is 12.5. The van der Waals surface area contributed by atoms with Crippen LogP contribution in [0, 0.1) is 6.92 Å². The molecule has 0 radical (unpaired) electrons. The van der Waals surface area contributed by atoms with E-state index in [9.17, 15) is 4.79 Å². The second-order valence-corrected chi connectivity index (χ2v) is 7.25. The molecule has 1 aliphatic rings. The Balaban J connectivity index is 1.44. The predicted molar refractivity (Wildman–Crippen MR) is 119 cm³/mol. The molecule has 0 aliphatic carbocycles. The highest BCUT2D eigenvalue weighted by molar-refractivity contribution is 6.06. The van der Waals surface area contributed by atoms with Gasteiger partial charge in [-0.1, -0.05) is 12.1 Å². The number of benzene rings is 2. The lowest BCUT2D eigenvalue weighted by molar-refractivity contribution is 0.102. The lowest BCUT2D eigenvalue weighted by atomic mass is 10.2. The topological polar surface area (TPSA) is 79.4 Å². The summed E-state index contributed by atoms with van der Waals surface area (Å²) in [6, 6.07) is 16.6. The largest absolute Gasteiger partial charge is 0.496 e. The Morgan fingerprint density at radius 2 is 1.70 bits per heavy atom. The van der Waals surface area contributed by atoms with Crippen molar-refractivity contribution in [2.45, 2.75) is 19.8 Å². The fourth-order valence-electron chi connectivity index (χ4n) is 3.49. The van der Waals surface area contributed by atoms with Crippen molar-refractivity contribution in [3.8, 4) is 5.75 Å². The molecule has 7 nitrogen and oxygen atoms in total. The van der Waals surface area contributed by atoms with Crippen LogP contribution in [0.5, 0.6) is 5.75 Å². The first-order valence-electron chi connectivity index (χ1n) is 10.0. The Morgan fingerprint density at radius 3 is 2.43 bits per heavy atom. The number of carbonyl (C=O) groups excluding carboxylic acids is 1. The smallest absolute Gasteiger partial charge is 0.259 e. The van der Waals surface area contributed by atoms with Gasteiger partial charge in [0.05, 0.1) is 12.7 Å². The molecule has 2 aromatic carbocycles. The maximum absolute atomic E-state index is 12.5. The fourth-order valence-corrected chi connectivity index (χ4v) is 3.49. The minimum atomic E-state index is -0.213. The lowest BCUT2D eigenvalue weighted by Gasteiger charge is -2.17. The molecule has 2 N–H and O–H groups in total. The Kier molecular flexibility index (Phi) is 5.79. The molecular formula is C23H25N5O2. The Hall–Kier alpha value is -3.61. The van der Waals surface area contributed by atoms with E-state index < -0.39 is 0 Å². The predicted octanol–water partition coefficient (Wildman–Crippen LogP) is 4.39. The van der Waals surface area contributed by atoms with E-state index in [0.717, 1.165) is 36.2 Å². The standard InChI is InChI=1S/C23H25N5O2/c1-16-15-21(27-23(24-16)28-13-5-6-14-28)25-17-9-11-18(12-10-17)26-22(29)19-7-3-4-8-20(19)30-2/h3-4,7-12,15H,5-6,13-14H2,1-2H3,(H,26,29)(H,24,25,27). The highest BCUT2D eigenvalue weighted by Crippen LogP contribution is 2.23. The van der Waals surface area contributed by atoms with Gasteiger partial charge in [0.25, 0.3) is 5.91 Å². The zero-order valence-electron chi connectivity index (χ0n) is 17.2. The zero-order chi connectivity index (χ0) is 20.9. The van der Waals surface area contributed by atoms with Crippen molar-refractivity contribution in [2.75, 3.05) is 35.7 Å². The van der Waals surface area contributed by atoms with Crippen molar-refractivity contribution in [2.24, 2.45) is 0 Å². The Morgan fingerprint density at radius 1 is 1.00 bits per heavy atom. The number of nitrogens with one attached hydrogen (secondary N) is 2. The number of hydrogen-bond donors (Lipinski definition) is 2. The molecule has 0 bridgehead atoms. The summed E-state index contributed by atoms with van der Waals surface area (Å²) in [7, 11) is 1.55. The number of amides is 1. The minimum Gasteiger partial charge on any atom is -0.496 e. The second-order valence-electron chi connectivity index (χ2n) is 7.25. The van der Waals surface area contributed by atoms with Gasteiger partial charge in [0.15, 0.2) is 0 Å². The van der Waals surface area contributed by atoms with Crippen LogP contribution in [0.2, 0.25) is 0 Å².